The number of thiazole rings is 1. The average molecular weight is 386 g/mol. The fourth-order valence-corrected chi connectivity index (χ4v) is 4.62. The molecule has 0 aromatic carbocycles. The summed E-state index contributed by atoms with van der Waals surface area (Å²) in [5.74, 6) is -0.737. The summed E-state index contributed by atoms with van der Waals surface area (Å²) in [5, 5.41) is 6.38. The van der Waals surface area contributed by atoms with Crippen LogP contribution in [0.2, 0.25) is 0 Å². The normalized spacial score (nSPS) is 13.8. The number of carbonyl (C=O) groups is 2. The van der Waals surface area contributed by atoms with Gasteiger partial charge < -0.3 is 9.30 Å². The van der Waals surface area contributed by atoms with Gasteiger partial charge in [0.05, 0.1) is 0 Å². The minimum Gasteiger partial charge on any atom is -0.453 e. The highest BCUT2D eigenvalue weighted by atomic mass is 32.1. The van der Waals surface area contributed by atoms with E-state index >= 15 is 0 Å². The van der Waals surface area contributed by atoms with Crippen LogP contribution in [0.1, 0.15) is 51.1 Å². The van der Waals surface area contributed by atoms with Crippen molar-refractivity contribution in [3.05, 3.63) is 50.9 Å². The van der Waals surface area contributed by atoms with Crippen molar-refractivity contribution in [2.45, 2.75) is 32.7 Å². The quantitative estimate of drug-likeness (QED) is 0.456. The van der Waals surface area contributed by atoms with Crippen LogP contribution in [0.25, 0.3) is 10.6 Å². The van der Waals surface area contributed by atoms with Crippen LogP contribution in [0.4, 0.5) is 0 Å². The lowest BCUT2D eigenvalue weighted by atomic mass is 10.1. The van der Waals surface area contributed by atoms with Crippen molar-refractivity contribution in [1.29, 1.82) is 0 Å². The van der Waals surface area contributed by atoms with Gasteiger partial charge in [-0.3, -0.25) is 4.79 Å². The van der Waals surface area contributed by atoms with Crippen LogP contribution >= 0.6 is 22.7 Å². The third-order valence-electron chi connectivity index (χ3n) is 4.51. The number of aryl methyl sites for hydroxylation is 1. The van der Waals surface area contributed by atoms with Crippen LogP contribution in [-0.4, -0.2) is 27.9 Å². The molecule has 0 unspecified atom stereocenters. The maximum atomic E-state index is 12.5. The monoisotopic (exact) mass is 386 g/mol. The Morgan fingerprint density at radius 3 is 2.81 bits per heavy atom. The number of rotatable bonds is 6. The fourth-order valence-electron chi connectivity index (χ4n) is 3.12. The summed E-state index contributed by atoms with van der Waals surface area (Å²) >= 11 is 2.97. The molecule has 0 bridgehead atoms. The van der Waals surface area contributed by atoms with E-state index in [1.165, 1.54) is 11.3 Å². The Hall–Kier alpha value is -2.25. The summed E-state index contributed by atoms with van der Waals surface area (Å²) in [4.78, 5) is 29.0. The molecule has 3 aromatic rings. The van der Waals surface area contributed by atoms with E-state index in [2.05, 4.69) is 9.55 Å². The van der Waals surface area contributed by atoms with Gasteiger partial charge in [-0.15, -0.1) is 11.3 Å². The predicted octanol–water partition coefficient (Wildman–Crippen LogP) is 4.66. The first-order valence-electron chi connectivity index (χ1n) is 8.41. The molecule has 1 aliphatic carbocycles. The summed E-state index contributed by atoms with van der Waals surface area (Å²) in [6, 6.07) is 4.36. The molecule has 1 saturated carbocycles. The second-order valence-corrected chi connectivity index (χ2v) is 8.07. The largest absolute Gasteiger partial charge is 0.453 e. The molecule has 0 spiro atoms. The lowest BCUT2D eigenvalue weighted by Crippen LogP contribution is -2.15. The molecule has 0 N–H and O–H groups in total. The summed E-state index contributed by atoms with van der Waals surface area (Å²) in [7, 11) is 0. The minimum atomic E-state index is -0.563. The van der Waals surface area contributed by atoms with Crippen molar-refractivity contribution in [2.75, 3.05) is 6.61 Å². The van der Waals surface area contributed by atoms with Gasteiger partial charge in [-0.05, 0) is 44.2 Å². The zero-order valence-electron chi connectivity index (χ0n) is 14.5. The maximum Gasteiger partial charge on any atom is 0.358 e. The Kier molecular flexibility index (Phi) is 4.50. The molecule has 0 saturated heterocycles. The summed E-state index contributed by atoms with van der Waals surface area (Å²) in [5.41, 5.74) is 3.91. The van der Waals surface area contributed by atoms with Gasteiger partial charge in [-0.1, -0.05) is 0 Å². The first kappa shape index (κ1) is 17.2. The summed E-state index contributed by atoms with van der Waals surface area (Å²) in [6.45, 7) is 3.70. The number of esters is 1. The molecule has 134 valence electrons. The Labute approximate surface area is 159 Å². The van der Waals surface area contributed by atoms with Crippen molar-refractivity contribution in [3.63, 3.8) is 0 Å². The third-order valence-corrected chi connectivity index (χ3v) is 6.09. The number of aromatic nitrogens is 2. The van der Waals surface area contributed by atoms with E-state index in [1.54, 1.807) is 16.7 Å². The topological polar surface area (TPSA) is 61.2 Å². The van der Waals surface area contributed by atoms with E-state index < -0.39 is 5.97 Å². The molecule has 0 amide bonds. The van der Waals surface area contributed by atoms with Crippen LogP contribution in [0.15, 0.2) is 28.3 Å². The van der Waals surface area contributed by atoms with E-state index in [-0.39, 0.29) is 18.1 Å². The number of Topliss-reactive ketones (excluding diaryl/α,β-unsaturated/α-hetero) is 1. The third kappa shape index (κ3) is 3.24. The zero-order valence-corrected chi connectivity index (χ0v) is 16.2. The van der Waals surface area contributed by atoms with Crippen LogP contribution < -0.4 is 0 Å². The number of ether oxygens (including phenoxy) is 1. The average Bonchev–Trinajstić information content (AvgIpc) is 3.05. The molecular formula is C19H18N2O3S2. The molecular weight excluding hydrogens is 368 g/mol. The van der Waals surface area contributed by atoms with Gasteiger partial charge in [-0.2, -0.15) is 11.3 Å². The predicted molar refractivity (Wildman–Crippen MR) is 102 cm³/mol. The van der Waals surface area contributed by atoms with Gasteiger partial charge in [0.25, 0.3) is 0 Å². The number of carbonyl (C=O) groups excluding carboxylic acids is 2. The number of ketones is 1. The van der Waals surface area contributed by atoms with E-state index in [9.17, 15) is 9.59 Å². The Bertz CT molecular complexity index is 965. The van der Waals surface area contributed by atoms with E-state index in [1.807, 2.05) is 36.7 Å². The Balaban J connectivity index is 1.42. The van der Waals surface area contributed by atoms with Gasteiger partial charge >= 0.3 is 5.97 Å². The summed E-state index contributed by atoms with van der Waals surface area (Å²) < 4.78 is 7.42. The molecule has 26 heavy (non-hydrogen) atoms. The fraction of sp³-hybridized carbons (Fsp3) is 0.316. The van der Waals surface area contributed by atoms with Crippen molar-refractivity contribution in [2.24, 2.45) is 0 Å². The van der Waals surface area contributed by atoms with E-state index in [4.69, 9.17) is 4.74 Å². The molecule has 0 aliphatic heterocycles. The Morgan fingerprint density at radius 1 is 1.31 bits per heavy atom. The van der Waals surface area contributed by atoms with Crippen molar-refractivity contribution < 1.29 is 14.3 Å². The van der Waals surface area contributed by atoms with Crippen molar-refractivity contribution >= 4 is 34.4 Å². The molecule has 4 rings (SSSR count). The van der Waals surface area contributed by atoms with E-state index in [0.717, 1.165) is 34.8 Å². The van der Waals surface area contributed by atoms with Crippen LogP contribution in [0.5, 0.6) is 0 Å². The minimum absolute atomic E-state index is 0.174. The van der Waals surface area contributed by atoms with Crippen molar-refractivity contribution in [3.8, 4) is 10.6 Å². The molecule has 0 radical (unpaired) electrons. The zero-order chi connectivity index (χ0) is 18.3. The number of nitrogens with zero attached hydrogens (tertiary/aromatic N) is 2. The lowest BCUT2D eigenvalue weighted by Gasteiger charge is -2.07. The molecule has 1 fully saturated rings. The van der Waals surface area contributed by atoms with Gasteiger partial charge in [0.15, 0.2) is 12.3 Å². The van der Waals surface area contributed by atoms with E-state index in [0.29, 0.717) is 11.6 Å². The molecule has 5 nitrogen and oxygen atoms in total. The molecule has 7 heteroatoms. The second-order valence-electron chi connectivity index (χ2n) is 6.44. The number of hydrogen-bond donors (Lipinski definition) is 0. The van der Waals surface area contributed by atoms with Crippen LogP contribution in [-0.2, 0) is 4.74 Å². The Morgan fingerprint density at radius 2 is 2.12 bits per heavy atom. The second kappa shape index (κ2) is 6.81. The first-order chi connectivity index (χ1) is 12.5. The van der Waals surface area contributed by atoms with Gasteiger partial charge in [0.2, 0.25) is 5.78 Å². The standard InChI is InChI=1S/C19H18N2O3S2/c1-11-7-15(12(2)21(11)14-3-4-14)17(22)8-24-19(23)16-10-26-18(20-16)13-5-6-25-9-13/h5-7,9-10,14H,3-4,8H2,1-2H3. The highest BCUT2D eigenvalue weighted by Gasteiger charge is 2.28. The van der Waals surface area contributed by atoms with Crippen LogP contribution in [0.3, 0.4) is 0 Å². The highest BCUT2D eigenvalue weighted by molar-refractivity contribution is 7.14. The maximum absolute atomic E-state index is 12.5. The van der Waals surface area contributed by atoms with Crippen LogP contribution in [0, 0.1) is 13.8 Å². The SMILES string of the molecule is Cc1cc(C(=O)COC(=O)c2csc(-c3ccsc3)n2)c(C)n1C1CC1. The molecule has 1 aliphatic rings. The van der Waals surface area contributed by atoms with Crippen molar-refractivity contribution in [1.82, 2.24) is 9.55 Å². The molecule has 3 heterocycles. The first-order valence-corrected chi connectivity index (χ1v) is 10.2. The number of hydrogen-bond acceptors (Lipinski definition) is 6. The van der Waals surface area contributed by atoms with Gasteiger partial charge in [0.1, 0.15) is 5.01 Å². The highest BCUT2D eigenvalue weighted by Crippen LogP contribution is 2.38. The van der Waals surface area contributed by atoms with Gasteiger partial charge in [0, 0.05) is 39.3 Å². The smallest absolute Gasteiger partial charge is 0.358 e. The lowest BCUT2D eigenvalue weighted by molar-refractivity contribution is 0.0469. The molecule has 3 aromatic heterocycles. The van der Waals surface area contributed by atoms with Gasteiger partial charge in [-0.25, -0.2) is 9.78 Å². The molecule has 0 atom stereocenters. The number of thiophene rings is 1. The summed E-state index contributed by atoms with van der Waals surface area (Å²) in [6.07, 6.45) is 2.32.